The molecular weight excluding hydrogens is 481 g/mol. The SMILES string of the molecule is COC(C)C.COC(COP(NC(C)C=O)SC1CCCC1)C(C)O.Cn1ccc(=O)[nH]c1=O. The predicted octanol–water partition coefficient (Wildman–Crippen LogP) is 2.59. The van der Waals surface area contributed by atoms with Gasteiger partial charge in [-0.05, 0) is 40.5 Å². The number of hydrogen-bond donors (Lipinski definition) is 3. The second-order valence-corrected chi connectivity index (χ2v) is 11.7. The van der Waals surface area contributed by atoms with Crippen LogP contribution in [0.3, 0.4) is 0 Å². The van der Waals surface area contributed by atoms with Crippen LogP contribution in [0.4, 0.5) is 0 Å². The average molecular weight is 524 g/mol. The zero-order valence-electron chi connectivity index (χ0n) is 21.4. The van der Waals surface area contributed by atoms with Crippen LogP contribution in [0.25, 0.3) is 0 Å². The van der Waals surface area contributed by atoms with Crippen LogP contribution in [0.5, 0.6) is 0 Å². The van der Waals surface area contributed by atoms with Crippen LogP contribution in [-0.2, 0) is 25.8 Å². The topological polar surface area (TPSA) is 132 Å². The van der Waals surface area contributed by atoms with E-state index in [2.05, 4.69) is 10.1 Å². The van der Waals surface area contributed by atoms with Gasteiger partial charge in [0.1, 0.15) is 12.4 Å². The van der Waals surface area contributed by atoms with Gasteiger partial charge in [-0.3, -0.25) is 14.9 Å². The maximum Gasteiger partial charge on any atom is 0.328 e. The minimum absolute atomic E-state index is 0.220. The van der Waals surface area contributed by atoms with E-state index in [4.69, 9.17) is 14.0 Å². The number of hydrogen-bond acceptors (Lipinski definition) is 9. The number of aryl methyl sites for hydroxylation is 1. The van der Waals surface area contributed by atoms with E-state index in [0.29, 0.717) is 18.0 Å². The van der Waals surface area contributed by atoms with Gasteiger partial charge in [-0.1, -0.05) is 24.2 Å². The summed E-state index contributed by atoms with van der Waals surface area (Å²) in [6.45, 7) is 7.84. The van der Waals surface area contributed by atoms with E-state index >= 15 is 0 Å². The van der Waals surface area contributed by atoms with Gasteiger partial charge in [-0.25, -0.2) is 4.79 Å². The highest BCUT2D eigenvalue weighted by Crippen LogP contribution is 2.53. The second kappa shape index (κ2) is 19.2. The van der Waals surface area contributed by atoms with Crippen LogP contribution in [0, 0.1) is 0 Å². The number of carbonyl (C=O) groups is 1. The maximum absolute atomic E-state index is 10.8. The van der Waals surface area contributed by atoms with E-state index in [0.717, 1.165) is 6.29 Å². The van der Waals surface area contributed by atoms with Gasteiger partial charge in [0.2, 0.25) is 0 Å². The Morgan fingerprint density at radius 2 is 1.82 bits per heavy atom. The first-order valence-electron chi connectivity index (χ1n) is 11.3. The summed E-state index contributed by atoms with van der Waals surface area (Å²) in [6, 6.07) is 1.07. The van der Waals surface area contributed by atoms with Crippen molar-refractivity contribution in [3.8, 4) is 0 Å². The summed E-state index contributed by atoms with van der Waals surface area (Å²) in [5, 5.41) is 13.4. The highest BCUT2D eigenvalue weighted by atomic mass is 32.7. The molecule has 4 atom stereocenters. The summed E-state index contributed by atoms with van der Waals surface area (Å²) in [5.74, 6) is 0. The fraction of sp³-hybridized carbons (Fsp3) is 0.773. The third kappa shape index (κ3) is 15.8. The van der Waals surface area contributed by atoms with Crippen LogP contribution >= 0.6 is 18.9 Å². The first-order chi connectivity index (χ1) is 16.0. The van der Waals surface area contributed by atoms with Crippen LogP contribution in [-0.4, -0.2) is 71.4 Å². The Labute approximate surface area is 207 Å². The van der Waals surface area contributed by atoms with Crippen molar-refractivity contribution in [1.29, 1.82) is 0 Å². The van der Waals surface area contributed by atoms with E-state index in [1.807, 2.05) is 20.8 Å². The summed E-state index contributed by atoms with van der Waals surface area (Å²) < 4.78 is 17.1. The van der Waals surface area contributed by atoms with Gasteiger partial charge in [0.05, 0.1) is 24.9 Å². The number of carbonyl (C=O) groups excluding carboxylic acids is 1. The second-order valence-electron chi connectivity index (χ2n) is 8.14. The smallest absolute Gasteiger partial charge is 0.328 e. The van der Waals surface area contributed by atoms with Crippen molar-refractivity contribution < 1.29 is 23.9 Å². The molecule has 1 fully saturated rings. The number of aromatic nitrogens is 2. The standard InChI is InChI=1S/C13H26NO4PS.C5H6N2O2.C4H10O/c1-10(8-15)14-19(20-12-6-4-5-7-12)18-9-13(17-3)11(2)16;1-7-3-2-4(8)6-5(7)9;1-4(2)5-3/h8,10-14,16H,4-7,9H2,1-3H3;2-3H,1H3,(H,6,8,9);4H,1-3H3. The predicted molar refractivity (Wildman–Crippen MR) is 138 cm³/mol. The Balaban J connectivity index is 0.000000636. The number of aliphatic hydroxyl groups excluding tert-OH is 1. The highest BCUT2D eigenvalue weighted by molar-refractivity contribution is 8.54. The van der Waals surface area contributed by atoms with Crippen LogP contribution in [0.2, 0.25) is 0 Å². The van der Waals surface area contributed by atoms with Gasteiger partial charge in [0.15, 0.2) is 7.50 Å². The van der Waals surface area contributed by atoms with E-state index in [-0.39, 0.29) is 23.4 Å². The van der Waals surface area contributed by atoms with Gasteiger partial charge >= 0.3 is 5.69 Å². The lowest BCUT2D eigenvalue weighted by atomic mass is 10.2. The minimum atomic E-state index is -0.936. The average Bonchev–Trinajstić information content (AvgIpc) is 3.30. The number of aldehydes is 1. The lowest BCUT2D eigenvalue weighted by molar-refractivity contribution is -0.108. The highest BCUT2D eigenvalue weighted by Gasteiger charge is 2.25. The van der Waals surface area contributed by atoms with Crippen molar-refractivity contribution in [3.05, 3.63) is 33.1 Å². The fourth-order valence-electron chi connectivity index (χ4n) is 2.45. The summed E-state index contributed by atoms with van der Waals surface area (Å²) in [7, 11) is 3.90. The Morgan fingerprint density at radius 1 is 1.24 bits per heavy atom. The van der Waals surface area contributed by atoms with Crippen molar-refractivity contribution in [3.63, 3.8) is 0 Å². The Bertz CT molecular complexity index is 769. The molecule has 1 saturated carbocycles. The maximum atomic E-state index is 10.8. The lowest BCUT2D eigenvalue weighted by Crippen LogP contribution is -2.31. The molecule has 1 aromatic heterocycles. The van der Waals surface area contributed by atoms with E-state index < -0.39 is 13.6 Å². The summed E-state index contributed by atoms with van der Waals surface area (Å²) in [4.78, 5) is 33.8. The molecule has 0 aromatic carbocycles. The molecule has 0 radical (unpaired) electrons. The zero-order valence-corrected chi connectivity index (χ0v) is 23.1. The molecule has 0 amide bonds. The molecule has 3 N–H and O–H groups in total. The van der Waals surface area contributed by atoms with E-state index in [1.165, 1.54) is 42.5 Å². The molecule has 1 heterocycles. The number of methoxy groups -OCH3 is 2. The largest absolute Gasteiger partial charge is 0.391 e. The Morgan fingerprint density at radius 3 is 2.24 bits per heavy atom. The van der Waals surface area contributed by atoms with Gasteiger partial charge in [-0.2, -0.15) is 0 Å². The van der Waals surface area contributed by atoms with Crippen molar-refractivity contribution >= 4 is 25.2 Å². The van der Waals surface area contributed by atoms with Crippen LogP contribution in [0.1, 0.15) is 53.4 Å². The number of aliphatic hydroxyl groups is 1. The summed E-state index contributed by atoms with van der Waals surface area (Å²) in [6.07, 6.45) is 6.76. The quantitative estimate of drug-likeness (QED) is 0.296. The summed E-state index contributed by atoms with van der Waals surface area (Å²) in [5.41, 5.74) is -0.749. The molecule has 4 unspecified atom stereocenters. The molecule has 1 aromatic rings. The minimum Gasteiger partial charge on any atom is -0.391 e. The number of nitrogens with zero attached hydrogens (tertiary/aromatic N) is 1. The van der Waals surface area contributed by atoms with Crippen molar-refractivity contribution in [2.75, 3.05) is 20.8 Å². The fourth-order valence-corrected chi connectivity index (χ4v) is 6.63. The Hall–Kier alpha value is -1.07. The number of ether oxygens (including phenoxy) is 2. The van der Waals surface area contributed by atoms with E-state index in [1.54, 1.807) is 39.6 Å². The molecule has 1 aliphatic carbocycles. The molecule has 198 valence electrons. The first-order valence-corrected chi connectivity index (χ1v) is 14.1. The number of rotatable bonds is 11. The van der Waals surface area contributed by atoms with Crippen molar-refractivity contribution in [2.24, 2.45) is 7.05 Å². The summed E-state index contributed by atoms with van der Waals surface area (Å²) >= 11 is 1.80. The van der Waals surface area contributed by atoms with Crippen molar-refractivity contribution in [1.82, 2.24) is 14.6 Å². The normalized spacial score (nSPS) is 17.1. The van der Waals surface area contributed by atoms with Crippen molar-refractivity contribution in [2.45, 2.75) is 83.0 Å². The molecule has 34 heavy (non-hydrogen) atoms. The zero-order chi connectivity index (χ0) is 26.1. The molecule has 0 spiro atoms. The van der Waals surface area contributed by atoms with Crippen LogP contribution < -0.4 is 16.3 Å². The molecule has 10 nitrogen and oxygen atoms in total. The van der Waals surface area contributed by atoms with Gasteiger partial charge in [-0.15, -0.1) is 0 Å². The molecule has 0 bridgehead atoms. The molecule has 0 saturated heterocycles. The molecule has 2 rings (SSSR count). The van der Waals surface area contributed by atoms with Crippen LogP contribution in [0.15, 0.2) is 21.9 Å². The Kier molecular flexibility index (Phi) is 18.6. The number of nitrogens with one attached hydrogen (secondary N) is 2. The molecule has 0 aliphatic heterocycles. The number of H-pyrrole nitrogens is 1. The lowest BCUT2D eigenvalue weighted by Gasteiger charge is -2.25. The number of aromatic amines is 1. The third-order valence-corrected chi connectivity index (χ3v) is 8.79. The van der Waals surface area contributed by atoms with Gasteiger partial charge in [0, 0.05) is 38.8 Å². The van der Waals surface area contributed by atoms with Gasteiger partial charge < -0.3 is 28.5 Å². The molecule has 1 aliphatic rings. The molecular formula is C22H42N3O7PS. The van der Waals surface area contributed by atoms with Gasteiger partial charge in [0.25, 0.3) is 5.56 Å². The molecule has 12 heteroatoms. The monoisotopic (exact) mass is 523 g/mol. The third-order valence-electron chi connectivity index (χ3n) is 4.73. The van der Waals surface area contributed by atoms with E-state index in [9.17, 15) is 19.5 Å². The first kappa shape index (κ1) is 32.9.